The van der Waals surface area contributed by atoms with Gasteiger partial charge in [-0.25, -0.2) is 9.97 Å². The Labute approximate surface area is 109 Å². The fraction of sp³-hybridized carbons (Fsp3) is 0.545. The third-order valence-corrected chi connectivity index (χ3v) is 3.60. The molecule has 1 N–H and O–H groups in total. The Bertz CT molecular complexity index is 504. The third-order valence-electron chi connectivity index (χ3n) is 3.60. The quantitative estimate of drug-likeness (QED) is 0.641. The van der Waals surface area contributed by atoms with Gasteiger partial charge in [0.15, 0.2) is 0 Å². The molecule has 1 aliphatic rings. The van der Waals surface area contributed by atoms with Gasteiger partial charge >= 0.3 is 11.7 Å². The van der Waals surface area contributed by atoms with Crippen molar-refractivity contribution in [3.8, 4) is 0 Å². The number of nitrogens with zero attached hydrogens (tertiary/aromatic N) is 4. The van der Waals surface area contributed by atoms with Crippen LogP contribution in [0.1, 0.15) is 19.8 Å². The second-order valence-corrected chi connectivity index (χ2v) is 4.61. The molecule has 2 rings (SSSR count). The molecule has 1 unspecified atom stereocenters. The molecule has 2 heterocycles. The van der Waals surface area contributed by atoms with Crippen LogP contribution < -0.4 is 4.90 Å². The average Bonchev–Trinajstić information content (AvgIpc) is 2.84. The Kier molecular flexibility index (Phi) is 3.32. The summed E-state index contributed by atoms with van der Waals surface area (Å²) in [5.41, 5.74) is -0.951. The molecule has 1 saturated heterocycles. The number of carbonyl (C=O) groups is 1. The van der Waals surface area contributed by atoms with E-state index in [-0.39, 0.29) is 5.69 Å². The fourth-order valence-corrected chi connectivity index (χ4v) is 2.23. The molecule has 0 aromatic carbocycles. The predicted molar refractivity (Wildman–Crippen MR) is 65.9 cm³/mol. The van der Waals surface area contributed by atoms with Crippen LogP contribution in [0.5, 0.6) is 0 Å². The van der Waals surface area contributed by atoms with Gasteiger partial charge in [0.05, 0.1) is 10.3 Å². The third kappa shape index (κ3) is 2.33. The highest BCUT2D eigenvalue weighted by molar-refractivity contribution is 5.76. The summed E-state index contributed by atoms with van der Waals surface area (Å²) in [6.45, 7) is 2.71. The minimum atomic E-state index is -0.820. The first-order valence-electron chi connectivity index (χ1n) is 5.93. The van der Waals surface area contributed by atoms with Crippen LogP contribution in [-0.2, 0) is 4.79 Å². The smallest absolute Gasteiger partial charge is 0.311 e. The highest BCUT2D eigenvalue weighted by atomic mass is 16.6. The molecule has 0 amide bonds. The van der Waals surface area contributed by atoms with Gasteiger partial charge in [0.25, 0.3) is 0 Å². The molecule has 1 aliphatic heterocycles. The number of carboxylic acids is 1. The van der Waals surface area contributed by atoms with Crippen molar-refractivity contribution in [2.24, 2.45) is 5.41 Å². The van der Waals surface area contributed by atoms with Crippen molar-refractivity contribution in [2.45, 2.75) is 19.8 Å². The van der Waals surface area contributed by atoms with Crippen LogP contribution in [0.15, 0.2) is 12.4 Å². The van der Waals surface area contributed by atoms with E-state index in [1.54, 1.807) is 4.90 Å². The summed E-state index contributed by atoms with van der Waals surface area (Å²) >= 11 is 0. The Hall–Kier alpha value is -2.25. The van der Waals surface area contributed by atoms with Gasteiger partial charge in [-0.15, -0.1) is 0 Å². The maximum absolute atomic E-state index is 11.3. The molecule has 0 radical (unpaired) electrons. The highest BCUT2D eigenvalue weighted by Gasteiger charge is 2.44. The van der Waals surface area contributed by atoms with Gasteiger partial charge in [0.1, 0.15) is 12.4 Å². The molecule has 0 saturated carbocycles. The van der Waals surface area contributed by atoms with Gasteiger partial charge in [-0.1, -0.05) is 6.92 Å². The van der Waals surface area contributed by atoms with E-state index in [2.05, 4.69) is 9.97 Å². The predicted octanol–water partition coefficient (Wildman–Crippen LogP) is 1.08. The van der Waals surface area contributed by atoms with Gasteiger partial charge < -0.3 is 10.0 Å². The first kappa shape index (κ1) is 13.2. The zero-order valence-corrected chi connectivity index (χ0v) is 10.4. The topological polar surface area (TPSA) is 109 Å². The van der Waals surface area contributed by atoms with E-state index in [4.69, 9.17) is 0 Å². The summed E-state index contributed by atoms with van der Waals surface area (Å²) in [5, 5.41) is 19.8. The van der Waals surface area contributed by atoms with Crippen LogP contribution in [-0.4, -0.2) is 39.1 Å². The van der Waals surface area contributed by atoms with Crippen LogP contribution in [0.3, 0.4) is 0 Å². The van der Waals surface area contributed by atoms with Crippen LogP contribution in [0.25, 0.3) is 0 Å². The first-order chi connectivity index (χ1) is 8.98. The standard InChI is InChI=1S/C11H14N4O4/c1-2-11(9(16)17)3-4-14(7-11)10-12-5-8(6-13-10)15(18)19/h5-6H,2-4,7H2,1H3,(H,16,17). The van der Waals surface area contributed by atoms with Crippen molar-refractivity contribution in [3.05, 3.63) is 22.5 Å². The Morgan fingerprint density at radius 1 is 1.58 bits per heavy atom. The number of aliphatic carboxylic acids is 1. The molecule has 1 fully saturated rings. The Morgan fingerprint density at radius 3 is 2.63 bits per heavy atom. The molecule has 102 valence electrons. The number of anilines is 1. The number of hydrogen-bond donors (Lipinski definition) is 1. The summed E-state index contributed by atoms with van der Waals surface area (Å²) in [5.74, 6) is -0.485. The van der Waals surface area contributed by atoms with E-state index in [1.807, 2.05) is 6.92 Å². The van der Waals surface area contributed by atoms with Crippen LogP contribution in [0, 0.1) is 15.5 Å². The molecule has 1 atom stereocenters. The van der Waals surface area contributed by atoms with E-state index in [9.17, 15) is 20.0 Å². The van der Waals surface area contributed by atoms with Crippen molar-refractivity contribution in [1.29, 1.82) is 0 Å². The average molecular weight is 266 g/mol. The van der Waals surface area contributed by atoms with E-state index in [1.165, 1.54) is 0 Å². The van der Waals surface area contributed by atoms with Crippen LogP contribution >= 0.6 is 0 Å². The lowest BCUT2D eigenvalue weighted by Crippen LogP contribution is -2.34. The molecule has 1 aromatic rings. The summed E-state index contributed by atoms with van der Waals surface area (Å²) < 4.78 is 0. The van der Waals surface area contributed by atoms with Crippen molar-refractivity contribution in [2.75, 3.05) is 18.0 Å². The highest BCUT2D eigenvalue weighted by Crippen LogP contribution is 2.35. The van der Waals surface area contributed by atoms with E-state index >= 15 is 0 Å². The molecule has 8 nitrogen and oxygen atoms in total. The summed E-state index contributed by atoms with van der Waals surface area (Å²) in [4.78, 5) is 30.9. The zero-order valence-electron chi connectivity index (χ0n) is 10.4. The summed E-state index contributed by atoms with van der Waals surface area (Å²) in [6, 6.07) is 0. The lowest BCUT2D eigenvalue weighted by atomic mass is 9.84. The van der Waals surface area contributed by atoms with E-state index in [0.29, 0.717) is 31.9 Å². The molecule has 0 aliphatic carbocycles. The second kappa shape index (κ2) is 4.79. The summed E-state index contributed by atoms with van der Waals surface area (Å²) in [7, 11) is 0. The number of carboxylic acid groups (broad SMARTS) is 1. The maximum Gasteiger partial charge on any atom is 0.311 e. The number of nitro groups is 1. The van der Waals surface area contributed by atoms with Crippen molar-refractivity contribution < 1.29 is 14.8 Å². The SMILES string of the molecule is CCC1(C(=O)O)CCN(c2ncc([N+](=O)[O-])cn2)C1. The van der Waals surface area contributed by atoms with Gasteiger partial charge in [0, 0.05) is 13.1 Å². The number of rotatable bonds is 4. The van der Waals surface area contributed by atoms with Gasteiger partial charge in [-0.05, 0) is 12.8 Å². The zero-order chi connectivity index (χ0) is 14.0. The van der Waals surface area contributed by atoms with Gasteiger partial charge in [0.2, 0.25) is 5.95 Å². The Morgan fingerprint density at radius 2 is 2.21 bits per heavy atom. The molecular formula is C11H14N4O4. The molecule has 19 heavy (non-hydrogen) atoms. The van der Waals surface area contributed by atoms with Crippen molar-refractivity contribution >= 4 is 17.6 Å². The van der Waals surface area contributed by atoms with E-state index < -0.39 is 16.3 Å². The summed E-state index contributed by atoms with van der Waals surface area (Å²) in [6.07, 6.45) is 3.33. The lowest BCUT2D eigenvalue weighted by molar-refractivity contribution is -0.385. The normalized spacial score (nSPS) is 22.5. The van der Waals surface area contributed by atoms with Gasteiger partial charge in [-0.2, -0.15) is 0 Å². The van der Waals surface area contributed by atoms with Crippen molar-refractivity contribution in [1.82, 2.24) is 9.97 Å². The molecular weight excluding hydrogens is 252 g/mol. The second-order valence-electron chi connectivity index (χ2n) is 4.61. The lowest BCUT2D eigenvalue weighted by Gasteiger charge is -2.22. The number of hydrogen-bond acceptors (Lipinski definition) is 6. The monoisotopic (exact) mass is 266 g/mol. The van der Waals surface area contributed by atoms with Gasteiger partial charge in [-0.3, -0.25) is 14.9 Å². The van der Waals surface area contributed by atoms with Crippen LogP contribution in [0.2, 0.25) is 0 Å². The van der Waals surface area contributed by atoms with E-state index in [0.717, 1.165) is 12.4 Å². The first-order valence-corrected chi connectivity index (χ1v) is 5.93. The molecule has 0 spiro atoms. The largest absolute Gasteiger partial charge is 0.481 e. The number of aromatic nitrogens is 2. The fourth-order valence-electron chi connectivity index (χ4n) is 2.23. The molecule has 0 bridgehead atoms. The molecule has 1 aromatic heterocycles. The minimum Gasteiger partial charge on any atom is -0.481 e. The maximum atomic E-state index is 11.3. The Balaban J connectivity index is 2.16. The minimum absolute atomic E-state index is 0.178. The molecule has 8 heteroatoms. The van der Waals surface area contributed by atoms with Crippen LogP contribution in [0.4, 0.5) is 11.6 Å². The van der Waals surface area contributed by atoms with Crippen molar-refractivity contribution in [3.63, 3.8) is 0 Å².